The van der Waals surface area contributed by atoms with Crippen molar-refractivity contribution in [3.05, 3.63) is 22.3 Å². The molecule has 1 aromatic rings. The first-order chi connectivity index (χ1) is 9.70. The Balaban J connectivity index is 2.79. The highest BCUT2D eigenvalue weighted by atomic mass is 16.5. The summed E-state index contributed by atoms with van der Waals surface area (Å²) in [6.45, 7) is 4.07. The first-order valence-electron chi connectivity index (χ1n) is 6.93. The second-order valence-electron chi connectivity index (χ2n) is 4.88. The smallest absolute Gasteiger partial charge is 0.139 e. The average molecular weight is 268 g/mol. The number of hydrogen-bond acceptors (Lipinski definition) is 2. The van der Waals surface area contributed by atoms with Gasteiger partial charge in [0, 0.05) is 12.8 Å². The zero-order valence-corrected chi connectivity index (χ0v) is 12.6. The third-order valence-electron chi connectivity index (χ3n) is 3.64. The van der Waals surface area contributed by atoms with Gasteiger partial charge in [-0.2, -0.15) is 0 Å². The molecule has 104 valence electrons. The molecule has 1 aliphatic carbocycles. The summed E-state index contributed by atoms with van der Waals surface area (Å²) >= 11 is 0. The lowest BCUT2D eigenvalue weighted by atomic mass is 9.96. The van der Waals surface area contributed by atoms with Gasteiger partial charge in [0.05, 0.1) is 25.3 Å². The summed E-state index contributed by atoms with van der Waals surface area (Å²) < 4.78 is 11.1. The van der Waals surface area contributed by atoms with Crippen molar-refractivity contribution in [3.63, 3.8) is 0 Å². The van der Waals surface area contributed by atoms with Crippen molar-refractivity contribution in [3.8, 4) is 35.2 Å². The minimum Gasteiger partial charge on any atom is -0.495 e. The van der Waals surface area contributed by atoms with E-state index in [1.165, 1.54) is 0 Å². The molecule has 2 heteroatoms. The fourth-order valence-electron chi connectivity index (χ4n) is 2.42. The predicted octanol–water partition coefficient (Wildman–Crippen LogP) is 3.60. The van der Waals surface area contributed by atoms with Crippen molar-refractivity contribution in [2.75, 3.05) is 14.2 Å². The van der Waals surface area contributed by atoms with Crippen LogP contribution in [0.5, 0.6) is 11.5 Å². The molecule has 0 aromatic heterocycles. The Hall–Kier alpha value is -2.06. The molecule has 0 saturated heterocycles. The minimum atomic E-state index is 0.820. The SMILES string of the molecule is COc1c(C)c(C)c(OC)c2c1C#CCCCCC#C2. The lowest BCUT2D eigenvalue weighted by molar-refractivity contribution is 0.396. The molecule has 1 aromatic carbocycles. The van der Waals surface area contributed by atoms with Crippen molar-refractivity contribution in [1.29, 1.82) is 0 Å². The molecule has 0 N–H and O–H groups in total. The standard InChI is InChI=1S/C18H20O2/c1-13-14(2)18(20-4)16-12-10-8-6-5-7-9-11-15(16)17(13)19-3/h5-8H2,1-4H3. The molecule has 0 atom stereocenters. The Bertz CT molecular complexity index is 577. The van der Waals surface area contributed by atoms with E-state index in [1.54, 1.807) is 14.2 Å². The molecule has 20 heavy (non-hydrogen) atoms. The van der Waals surface area contributed by atoms with Crippen LogP contribution in [0.15, 0.2) is 0 Å². The van der Waals surface area contributed by atoms with Gasteiger partial charge >= 0.3 is 0 Å². The molecule has 0 bridgehead atoms. The van der Waals surface area contributed by atoms with E-state index in [0.29, 0.717) is 0 Å². The minimum absolute atomic E-state index is 0.820. The van der Waals surface area contributed by atoms with Gasteiger partial charge in [-0.1, -0.05) is 23.7 Å². The topological polar surface area (TPSA) is 18.5 Å². The third kappa shape index (κ3) is 2.61. The van der Waals surface area contributed by atoms with E-state index in [4.69, 9.17) is 9.47 Å². The zero-order valence-electron chi connectivity index (χ0n) is 12.6. The van der Waals surface area contributed by atoms with Crippen LogP contribution in [0.1, 0.15) is 47.9 Å². The maximum atomic E-state index is 5.57. The lowest BCUT2D eigenvalue weighted by Crippen LogP contribution is -2.02. The summed E-state index contributed by atoms with van der Waals surface area (Å²) in [5.74, 6) is 14.6. The lowest BCUT2D eigenvalue weighted by Gasteiger charge is -2.17. The monoisotopic (exact) mass is 268 g/mol. The molecule has 0 radical (unpaired) electrons. The van der Waals surface area contributed by atoms with Gasteiger partial charge in [-0.15, -0.1) is 0 Å². The van der Waals surface area contributed by atoms with E-state index in [0.717, 1.165) is 59.4 Å². The molecular weight excluding hydrogens is 248 g/mol. The summed E-state index contributed by atoms with van der Waals surface area (Å²) in [7, 11) is 3.37. The Morgan fingerprint density at radius 1 is 0.750 bits per heavy atom. The highest BCUT2D eigenvalue weighted by Crippen LogP contribution is 2.37. The van der Waals surface area contributed by atoms with E-state index < -0.39 is 0 Å². The summed E-state index contributed by atoms with van der Waals surface area (Å²) in [4.78, 5) is 0. The van der Waals surface area contributed by atoms with E-state index in [9.17, 15) is 0 Å². The van der Waals surface area contributed by atoms with Crippen LogP contribution in [0, 0.1) is 37.5 Å². The van der Waals surface area contributed by atoms with E-state index in [-0.39, 0.29) is 0 Å². The Labute approximate surface area is 121 Å². The Morgan fingerprint density at radius 2 is 1.15 bits per heavy atom. The molecule has 0 aliphatic heterocycles. The summed E-state index contributed by atoms with van der Waals surface area (Å²) in [5.41, 5.74) is 3.86. The Morgan fingerprint density at radius 3 is 1.50 bits per heavy atom. The van der Waals surface area contributed by atoms with E-state index in [2.05, 4.69) is 23.7 Å². The predicted molar refractivity (Wildman–Crippen MR) is 81.2 cm³/mol. The maximum absolute atomic E-state index is 5.57. The van der Waals surface area contributed by atoms with Crippen molar-refractivity contribution in [1.82, 2.24) is 0 Å². The number of ether oxygens (including phenoxy) is 2. The number of rotatable bonds is 2. The molecule has 0 amide bonds. The third-order valence-corrected chi connectivity index (χ3v) is 3.64. The van der Waals surface area contributed by atoms with Crippen molar-refractivity contribution < 1.29 is 9.47 Å². The molecule has 2 nitrogen and oxygen atoms in total. The van der Waals surface area contributed by atoms with Crippen molar-refractivity contribution >= 4 is 0 Å². The molecule has 0 unspecified atom stereocenters. The van der Waals surface area contributed by atoms with Crippen LogP contribution in [0.2, 0.25) is 0 Å². The van der Waals surface area contributed by atoms with Crippen molar-refractivity contribution in [2.45, 2.75) is 39.5 Å². The van der Waals surface area contributed by atoms with Crippen LogP contribution in [-0.4, -0.2) is 14.2 Å². The number of benzene rings is 1. The van der Waals surface area contributed by atoms with E-state index >= 15 is 0 Å². The normalized spacial score (nSPS) is 13.2. The van der Waals surface area contributed by atoms with Gasteiger partial charge < -0.3 is 9.47 Å². The molecule has 0 saturated carbocycles. The van der Waals surface area contributed by atoms with Crippen LogP contribution in [0.4, 0.5) is 0 Å². The first kappa shape index (κ1) is 14.4. The van der Waals surface area contributed by atoms with Gasteiger partial charge in [0.1, 0.15) is 11.5 Å². The molecule has 2 rings (SSSR count). The molecule has 0 heterocycles. The largest absolute Gasteiger partial charge is 0.495 e. The second-order valence-corrected chi connectivity index (χ2v) is 4.88. The molecule has 0 spiro atoms. The average Bonchev–Trinajstić information content (AvgIpc) is 2.46. The maximum Gasteiger partial charge on any atom is 0.139 e. The van der Waals surface area contributed by atoms with Gasteiger partial charge in [-0.25, -0.2) is 0 Å². The van der Waals surface area contributed by atoms with Gasteiger partial charge in [0.2, 0.25) is 0 Å². The first-order valence-corrected chi connectivity index (χ1v) is 6.93. The molecule has 1 aliphatic rings. The van der Waals surface area contributed by atoms with Crippen LogP contribution in [-0.2, 0) is 0 Å². The van der Waals surface area contributed by atoms with Crippen molar-refractivity contribution in [2.24, 2.45) is 0 Å². The zero-order chi connectivity index (χ0) is 14.5. The number of methoxy groups -OCH3 is 2. The highest BCUT2D eigenvalue weighted by molar-refractivity contribution is 5.69. The summed E-state index contributed by atoms with van der Waals surface area (Å²) in [6, 6.07) is 0. The molecule has 0 fully saturated rings. The van der Waals surface area contributed by atoms with Crippen LogP contribution >= 0.6 is 0 Å². The fourth-order valence-corrected chi connectivity index (χ4v) is 2.42. The highest BCUT2D eigenvalue weighted by Gasteiger charge is 2.19. The Kier molecular flexibility index (Phi) is 4.59. The fraction of sp³-hybridized carbons (Fsp3) is 0.444. The van der Waals surface area contributed by atoms with Crippen LogP contribution < -0.4 is 9.47 Å². The van der Waals surface area contributed by atoms with Gasteiger partial charge in [-0.3, -0.25) is 0 Å². The summed E-state index contributed by atoms with van der Waals surface area (Å²) in [6.07, 6.45) is 4.00. The van der Waals surface area contributed by atoms with Gasteiger partial charge in [-0.05, 0) is 37.8 Å². The van der Waals surface area contributed by atoms with Crippen LogP contribution in [0.3, 0.4) is 0 Å². The van der Waals surface area contributed by atoms with E-state index in [1.807, 2.05) is 13.8 Å². The van der Waals surface area contributed by atoms with Crippen LogP contribution in [0.25, 0.3) is 0 Å². The quantitative estimate of drug-likeness (QED) is 0.763. The number of hydrogen-bond donors (Lipinski definition) is 0. The second kappa shape index (κ2) is 6.40. The summed E-state index contributed by atoms with van der Waals surface area (Å²) in [5, 5.41) is 0. The van der Waals surface area contributed by atoms with Gasteiger partial charge in [0.15, 0.2) is 0 Å². The van der Waals surface area contributed by atoms with Gasteiger partial charge in [0.25, 0.3) is 0 Å². The molecular formula is C18H20O2. The number of fused-ring (bicyclic) bond motifs is 1.